The first-order valence-electron chi connectivity index (χ1n) is 5.15. The second kappa shape index (κ2) is 6.03. The zero-order valence-electron chi connectivity index (χ0n) is 9.55. The van der Waals surface area contributed by atoms with Gasteiger partial charge >= 0.3 is 0 Å². The van der Waals surface area contributed by atoms with Crippen LogP contribution in [-0.4, -0.2) is 10.9 Å². The van der Waals surface area contributed by atoms with Crippen LogP contribution in [0.5, 0.6) is 0 Å². The predicted molar refractivity (Wildman–Crippen MR) is 76.3 cm³/mol. The topological polar surface area (TPSA) is 42.0 Å². The zero-order chi connectivity index (χ0) is 14.9. The zero-order valence-corrected chi connectivity index (χ0v) is 12.7. The molecule has 0 fully saturated rings. The number of aromatic nitrogens is 1. The molecular weight excluding hydrogens is 377 g/mol. The largest absolute Gasteiger partial charge is 0.319 e. The lowest BCUT2D eigenvalue weighted by Crippen LogP contribution is -2.15. The Bertz CT molecular complexity index is 697. The lowest BCUT2D eigenvalue weighted by molar-refractivity contribution is 0.102. The van der Waals surface area contributed by atoms with E-state index in [0.29, 0.717) is 10.5 Å². The molecule has 1 aromatic carbocycles. The molecule has 0 aliphatic rings. The van der Waals surface area contributed by atoms with Crippen LogP contribution in [0.3, 0.4) is 0 Å². The summed E-state index contributed by atoms with van der Waals surface area (Å²) in [6, 6.07) is 2.93. The van der Waals surface area contributed by atoms with Crippen molar-refractivity contribution in [1.82, 2.24) is 4.98 Å². The summed E-state index contributed by atoms with van der Waals surface area (Å²) < 4.78 is 27.4. The van der Waals surface area contributed by atoms with E-state index in [1.54, 1.807) is 0 Å². The highest BCUT2D eigenvalue weighted by Gasteiger charge is 2.17. The summed E-state index contributed by atoms with van der Waals surface area (Å²) in [6.45, 7) is 0. The molecule has 8 heteroatoms. The van der Waals surface area contributed by atoms with Crippen molar-refractivity contribution in [3.63, 3.8) is 0 Å². The normalized spacial score (nSPS) is 10.4. The highest BCUT2D eigenvalue weighted by atomic mass is 79.9. The van der Waals surface area contributed by atoms with Crippen LogP contribution < -0.4 is 5.32 Å². The Morgan fingerprint density at radius 3 is 2.60 bits per heavy atom. The van der Waals surface area contributed by atoms with Crippen LogP contribution in [0.4, 0.5) is 14.5 Å². The van der Waals surface area contributed by atoms with E-state index in [0.717, 1.165) is 6.07 Å². The Morgan fingerprint density at radius 1 is 1.20 bits per heavy atom. The van der Waals surface area contributed by atoms with Crippen molar-refractivity contribution in [1.29, 1.82) is 0 Å². The van der Waals surface area contributed by atoms with Crippen molar-refractivity contribution in [2.75, 3.05) is 5.32 Å². The summed E-state index contributed by atoms with van der Waals surface area (Å²) in [4.78, 5) is 15.7. The molecule has 1 aromatic heterocycles. The van der Waals surface area contributed by atoms with Crippen LogP contribution in [0.25, 0.3) is 0 Å². The second-order valence-electron chi connectivity index (χ2n) is 3.69. The Balaban J connectivity index is 2.33. The van der Waals surface area contributed by atoms with Crippen molar-refractivity contribution in [2.45, 2.75) is 0 Å². The molecule has 20 heavy (non-hydrogen) atoms. The Morgan fingerprint density at radius 2 is 1.90 bits per heavy atom. The van der Waals surface area contributed by atoms with Crippen molar-refractivity contribution in [2.24, 2.45) is 0 Å². The highest BCUT2D eigenvalue weighted by molar-refractivity contribution is 9.10. The number of nitrogens with one attached hydrogen (secondary N) is 1. The summed E-state index contributed by atoms with van der Waals surface area (Å²) in [6.07, 6.45) is 1.43. The monoisotopic (exact) mass is 380 g/mol. The fraction of sp³-hybridized carbons (Fsp3) is 0. The average molecular weight is 382 g/mol. The molecule has 0 aliphatic carbocycles. The first-order chi connectivity index (χ1) is 9.38. The van der Waals surface area contributed by atoms with E-state index in [1.807, 2.05) is 0 Å². The summed E-state index contributed by atoms with van der Waals surface area (Å²) >= 11 is 14.4. The standard InChI is InChI=1S/C12H5BrCl2F2N2O/c13-5-1-10(11(15)18-4-5)19-12(20)6-2-9(17)7(14)3-8(6)16/h1-4H,(H,19,20). The minimum absolute atomic E-state index is 0.0244. The van der Waals surface area contributed by atoms with E-state index in [4.69, 9.17) is 23.2 Å². The molecule has 0 aliphatic heterocycles. The minimum Gasteiger partial charge on any atom is -0.319 e. The van der Waals surface area contributed by atoms with Crippen LogP contribution >= 0.6 is 39.1 Å². The molecule has 2 rings (SSSR count). The van der Waals surface area contributed by atoms with Crippen LogP contribution in [0.1, 0.15) is 10.4 Å². The predicted octanol–water partition coefficient (Wildman–Crippen LogP) is 4.68. The van der Waals surface area contributed by atoms with E-state index < -0.39 is 28.1 Å². The second-order valence-corrected chi connectivity index (χ2v) is 5.37. The van der Waals surface area contributed by atoms with Crippen LogP contribution in [-0.2, 0) is 0 Å². The van der Waals surface area contributed by atoms with Crippen molar-refractivity contribution in [3.8, 4) is 0 Å². The summed E-state index contributed by atoms with van der Waals surface area (Å²) in [5.74, 6) is -2.69. The maximum absolute atomic E-state index is 13.6. The van der Waals surface area contributed by atoms with Crippen molar-refractivity contribution >= 4 is 50.7 Å². The third-order valence-electron chi connectivity index (χ3n) is 2.31. The molecule has 0 bridgehead atoms. The van der Waals surface area contributed by atoms with E-state index >= 15 is 0 Å². The number of carbonyl (C=O) groups excluding carboxylic acids is 1. The quantitative estimate of drug-likeness (QED) is 0.606. The maximum Gasteiger partial charge on any atom is 0.258 e. The summed E-state index contributed by atoms with van der Waals surface area (Å²) in [5, 5.41) is 1.96. The number of anilines is 1. The number of pyridine rings is 1. The molecule has 1 N–H and O–H groups in total. The number of amides is 1. The number of benzene rings is 1. The summed E-state index contributed by atoms with van der Waals surface area (Å²) in [5.41, 5.74) is -0.316. The molecule has 0 saturated heterocycles. The number of hydrogen-bond donors (Lipinski definition) is 1. The van der Waals surface area contributed by atoms with Crippen molar-refractivity contribution in [3.05, 3.63) is 56.2 Å². The molecule has 0 saturated carbocycles. The van der Waals surface area contributed by atoms with Crippen LogP contribution in [0, 0.1) is 11.6 Å². The van der Waals surface area contributed by atoms with Crippen LogP contribution in [0.15, 0.2) is 28.9 Å². The van der Waals surface area contributed by atoms with E-state index in [2.05, 4.69) is 26.2 Å². The fourth-order valence-electron chi connectivity index (χ4n) is 1.40. The fourth-order valence-corrected chi connectivity index (χ4v) is 2.03. The lowest BCUT2D eigenvalue weighted by atomic mass is 10.2. The van der Waals surface area contributed by atoms with E-state index in [9.17, 15) is 13.6 Å². The number of hydrogen-bond acceptors (Lipinski definition) is 2. The Hall–Kier alpha value is -1.24. The molecule has 0 atom stereocenters. The van der Waals surface area contributed by atoms with Gasteiger partial charge in [0.25, 0.3) is 5.91 Å². The Kier molecular flexibility index (Phi) is 4.57. The van der Waals surface area contributed by atoms with Gasteiger partial charge in [-0.15, -0.1) is 0 Å². The molecule has 104 valence electrons. The van der Waals surface area contributed by atoms with Gasteiger partial charge < -0.3 is 5.32 Å². The summed E-state index contributed by atoms with van der Waals surface area (Å²) in [7, 11) is 0. The molecule has 0 spiro atoms. The third-order valence-corrected chi connectivity index (χ3v) is 3.33. The molecule has 0 unspecified atom stereocenters. The van der Waals surface area contributed by atoms with Crippen LogP contribution in [0.2, 0.25) is 10.2 Å². The van der Waals surface area contributed by atoms with Gasteiger partial charge in [-0.1, -0.05) is 23.2 Å². The van der Waals surface area contributed by atoms with Gasteiger partial charge in [-0.05, 0) is 34.1 Å². The van der Waals surface area contributed by atoms with E-state index in [1.165, 1.54) is 12.3 Å². The van der Waals surface area contributed by atoms with Gasteiger partial charge in [-0.2, -0.15) is 0 Å². The van der Waals surface area contributed by atoms with Gasteiger partial charge in [0.1, 0.15) is 11.6 Å². The molecular formula is C12H5BrCl2F2N2O. The van der Waals surface area contributed by atoms with Gasteiger partial charge in [0.05, 0.1) is 16.3 Å². The van der Waals surface area contributed by atoms with Gasteiger partial charge in [-0.3, -0.25) is 4.79 Å². The van der Waals surface area contributed by atoms with Gasteiger partial charge in [0, 0.05) is 10.7 Å². The molecule has 1 heterocycles. The van der Waals surface area contributed by atoms with Gasteiger partial charge in [-0.25, -0.2) is 13.8 Å². The number of rotatable bonds is 2. The van der Waals surface area contributed by atoms with Gasteiger partial charge in [0.15, 0.2) is 5.15 Å². The average Bonchev–Trinajstić information content (AvgIpc) is 2.38. The van der Waals surface area contributed by atoms with E-state index in [-0.39, 0.29) is 10.8 Å². The number of carbonyl (C=O) groups is 1. The highest BCUT2D eigenvalue weighted by Crippen LogP contribution is 2.25. The Labute approximate surface area is 131 Å². The maximum atomic E-state index is 13.6. The molecule has 0 radical (unpaired) electrons. The number of nitrogens with zero attached hydrogens (tertiary/aromatic N) is 1. The molecule has 3 nitrogen and oxygen atoms in total. The number of halogens is 5. The molecule has 2 aromatic rings. The third kappa shape index (κ3) is 3.26. The van der Waals surface area contributed by atoms with Crippen molar-refractivity contribution < 1.29 is 13.6 Å². The first-order valence-corrected chi connectivity index (χ1v) is 6.70. The smallest absolute Gasteiger partial charge is 0.258 e. The SMILES string of the molecule is O=C(Nc1cc(Br)cnc1Cl)c1cc(F)c(Cl)cc1F. The molecule has 1 amide bonds. The first kappa shape index (κ1) is 15.2. The minimum atomic E-state index is -0.937. The van der Waals surface area contributed by atoms with Gasteiger partial charge in [0.2, 0.25) is 0 Å². The lowest BCUT2D eigenvalue weighted by Gasteiger charge is -2.08.